The van der Waals surface area contributed by atoms with Gasteiger partial charge < -0.3 is 10.4 Å². The zero-order chi connectivity index (χ0) is 34.4. The van der Waals surface area contributed by atoms with E-state index in [1.54, 1.807) is 18.2 Å². The second kappa shape index (κ2) is 13.2. The standard InChI is InChI=1S/C42H54N2O4S/c1-29(23-27-43-39(45)44-49(47,48)34-12-8-5-9-13-34)36-20-21-37-35-19-18-33-28-42(46,26-25-40(33,2)38(35)22-24-41(36,37)3)32-16-14-31(15-17-32)30-10-6-4-7-11-30/h4-17,29,33,35-38,46H,18-28H2,1-3H3,(H2,43,44,45)/t29-,33-,35+,36-,37+,38+,40+,41-,42+/m1/s1. The summed E-state index contributed by atoms with van der Waals surface area (Å²) in [6.45, 7) is 7.91. The summed E-state index contributed by atoms with van der Waals surface area (Å²) in [5.74, 6) is 3.81. The third-order valence-electron chi connectivity index (χ3n) is 14.2. The Bertz CT molecular complexity index is 1730. The van der Waals surface area contributed by atoms with Crippen molar-refractivity contribution < 1.29 is 18.3 Å². The lowest BCUT2D eigenvalue weighted by atomic mass is 9.43. The Kier molecular flexibility index (Phi) is 9.23. The summed E-state index contributed by atoms with van der Waals surface area (Å²) >= 11 is 0. The van der Waals surface area contributed by atoms with Crippen LogP contribution >= 0.6 is 0 Å². The topological polar surface area (TPSA) is 95.5 Å². The number of nitrogens with one attached hydrogen (secondary N) is 2. The van der Waals surface area contributed by atoms with Crippen LogP contribution in [0.1, 0.15) is 90.5 Å². The van der Waals surface area contributed by atoms with Crippen LogP contribution in [0.2, 0.25) is 0 Å². The van der Waals surface area contributed by atoms with Crippen LogP contribution < -0.4 is 10.0 Å². The fourth-order valence-corrected chi connectivity index (χ4v) is 12.5. The summed E-state index contributed by atoms with van der Waals surface area (Å²) in [5.41, 5.74) is 3.31. The number of carbonyl (C=O) groups excluding carboxylic acids is 1. The molecule has 4 saturated carbocycles. The van der Waals surface area contributed by atoms with Crippen molar-refractivity contribution in [2.75, 3.05) is 6.54 Å². The van der Waals surface area contributed by atoms with Gasteiger partial charge in [0.15, 0.2) is 0 Å². The highest BCUT2D eigenvalue weighted by molar-refractivity contribution is 7.90. The normalized spacial score (nSPS) is 34.6. The molecule has 7 rings (SSSR count). The van der Waals surface area contributed by atoms with Crippen molar-refractivity contribution in [3.63, 3.8) is 0 Å². The molecule has 4 aliphatic rings. The minimum absolute atomic E-state index is 0.0830. The van der Waals surface area contributed by atoms with Crippen molar-refractivity contribution in [3.8, 4) is 11.1 Å². The predicted octanol–water partition coefficient (Wildman–Crippen LogP) is 8.91. The summed E-state index contributed by atoms with van der Waals surface area (Å²) in [7, 11) is -3.88. The van der Waals surface area contributed by atoms with Crippen LogP contribution in [0.3, 0.4) is 0 Å². The summed E-state index contributed by atoms with van der Waals surface area (Å²) in [6, 6.07) is 26.5. The van der Waals surface area contributed by atoms with Gasteiger partial charge in [0.25, 0.3) is 10.0 Å². The first-order chi connectivity index (χ1) is 23.4. The third kappa shape index (κ3) is 6.35. The monoisotopic (exact) mass is 682 g/mol. The Morgan fingerprint density at radius 1 is 0.796 bits per heavy atom. The number of urea groups is 1. The van der Waals surface area contributed by atoms with Crippen LogP contribution in [0.15, 0.2) is 89.8 Å². The minimum Gasteiger partial charge on any atom is -0.385 e. The van der Waals surface area contributed by atoms with E-state index in [4.69, 9.17) is 0 Å². The Balaban J connectivity index is 0.957. The number of hydrogen-bond acceptors (Lipinski definition) is 4. The van der Waals surface area contributed by atoms with E-state index in [0.717, 1.165) is 49.0 Å². The van der Waals surface area contributed by atoms with Gasteiger partial charge in [0.1, 0.15) is 0 Å². The predicted molar refractivity (Wildman–Crippen MR) is 195 cm³/mol. The number of rotatable bonds is 8. The number of hydrogen-bond donors (Lipinski definition) is 3. The van der Waals surface area contributed by atoms with Gasteiger partial charge in [-0.3, -0.25) is 0 Å². The first-order valence-corrected chi connectivity index (χ1v) is 20.2. The van der Waals surface area contributed by atoms with Gasteiger partial charge in [-0.25, -0.2) is 17.9 Å². The van der Waals surface area contributed by atoms with E-state index in [9.17, 15) is 18.3 Å². The van der Waals surface area contributed by atoms with Crippen molar-refractivity contribution in [1.29, 1.82) is 0 Å². The Labute approximate surface area is 293 Å². The molecule has 0 bridgehead atoms. The van der Waals surface area contributed by atoms with E-state index in [-0.39, 0.29) is 10.3 Å². The molecule has 3 N–H and O–H groups in total. The molecule has 4 fully saturated rings. The number of aliphatic hydroxyl groups is 1. The second-order valence-corrected chi connectivity index (χ2v) is 18.2. The molecule has 262 valence electrons. The number of carbonyl (C=O) groups is 1. The van der Waals surface area contributed by atoms with Crippen LogP contribution in [0.25, 0.3) is 11.1 Å². The van der Waals surface area contributed by atoms with Gasteiger partial charge in [0, 0.05) is 6.54 Å². The zero-order valence-corrected chi connectivity index (χ0v) is 30.2. The van der Waals surface area contributed by atoms with E-state index in [0.29, 0.717) is 29.7 Å². The third-order valence-corrected chi connectivity index (χ3v) is 15.5. The Morgan fingerprint density at radius 2 is 1.45 bits per heavy atom. The van der Waals surface area contributed by atoms with Crippen molar-refractivity contribution in [3.05, 3.63) is 90.5 Å². The molecule has 2 amide bonds. The zero-order valence-electron chi connectivity index (χ0n) is 29.4. The first kappa shape index (κ1) is 34.3. The largest absolute Gasteiger partial charge is 0.385 e. The average molecular weight is 683 g/mol. The van der Waals surface area contributed by atoms with Gasteiger partial charge in [-0.15, -0.1) is 0 Å². The average Bonchev–Trinajstić information content (AvgIpc) is 3.46. The van der Waals surface area contributed by atoms with Crippen LogP contribution in [0, 0.1) is 46.3 Å². The smallest absolute Gasteiger partial charge is 0.328 e. The summed E-state index contributed by atoms with van der Waals surface area (Å²) in [6.07, 6.45) is 11.2. The highest BCUT2D eigenvalue weighted by Crippen LogP contribution is 2.69. The lowest BCUT2D eigenvalue weighted by Gasteiger charge is -2.62. The highest BCUT2D eigenvalue weighted by atomic mass is 32.2. The lowest BCUT2D eigenvalue weighted by molar-refractivity contribution is -0.154. The number of amides is 2. The van der Waals surface area contributed by atoms with Gasteiger partial charge in [0.05, 0.1) is 10.5 Å². The summed E-state index contributed by atoms with van der Waals surface area (Å²) in [4.78, 5) is 12.6. The molecule has 4 aliphatic carbocycles. The van der Waals surface area contributed by atoms with Gasteiger partial charge in [-0.2, -0.15) is 0 Å². The van der Waals surface area contributed by atoms with Gasteiger partial charge in [0.2, 0.25) is 0 Å². The Hall–Kier alpha value is -3.16. The maximum absolute atomic E-state index is 12.5. The molecule has 0 spiro atoms. The van der Waals surface area contributed by atoms with E-state index in [1.165, 1.54) is 61.8 Å². The second-order valence-electron chi connectivity index (χ2n) is 16.5. The summed E-state index contributed by atoms with van der Waals surface area (Å²) in [5, 5.41) is 14.9. The molecule has 0 radical (unpaired) electrons. The molecule has 3 aromatic carbocycles. The minimum atomic E-state index is -3.88. The highest BCUT2D eigenvalue weighted by Gasteiger charge is 2.61. The van der Waals surface area contributed by atoms with E-state index >= 15 is 0 Å². The summed E-state index contributed by atoms with van der Waals surface area (Å²) < 4.78 is 27.2. The molecule has 0 aliphatic heterocycles. The van der Waals surface area contributed by atoms with Gasteiger partial charge in [-0.1, -0.05) is 93.6 Å². The molecular formula is C42H54N2O4S. The first-order valence-electron chi connectivity index (χ1n) is 18.7. The van der Waals surface area contributed by atoms with Crippen molar-refractivity contribution in [2.24, 2.45) is 46.3 Å². The van der Waals surface area contributed by atoms with Crippen LogP contribution in [-0.4, -0.2) is 26.1 Å². The maximum Gasteiger partial charge on any atom is 0.328 e. The van der Waals surface area contributed by atoms with Gasteiger partial charge >= 0.3 is 6.03 Å². The van der Waals surface area contributed by atoms with Crippen LogP contribution in [0.4, 0.5) is 4.79 Å². The number of sulfonamides is 1. The molecule has 7 heteroatoms. The SMILES string of the molecule is C[C@H](CCNC(=O)NS(=O)(=O)c1ccccc1)[C@H]1CC[C@H]2[C@@H]3CC[C@@H]4C[C@](O)(c5ccc(-c6ccccc6)cc5)CC[C@]4(C)[C@H]3CC[C@]12C. The molecule has 9 atom stereocenters. The number of benzene rings is 3. The molecule has 0 saturated heterocycles. The molecule has 49 heavy (non-hydrogen) atoms. The fraction of sp³-hybridized carbons (Fsp3) is 0.548. The van der Waals surface area contributed by atoms with E-state index < -0.39 is 21.7 Å². The quantitative estimate of drug-likeness (QED) is 0.221. The van der Waals surface area contributed by atoms with E-state index in [2.05, 4.69) is 79.3 Å². The molecule has 6 nitrogen and oxygen atoms in total. The Morgan fingerprint density at radius 3 is 2.16 bits per heavy atom. The van der Waals surface area contributed by atoms with E-state index in [1.807, 2.05) is 6.07 Å². The van der Waals surface area contributed by atoms with Crippen molar-refractivity contribution in [1.82, 2.24) is 10.0 Å². The molecular weight excluding hydrogens is 629 g/mol. The molecule has 3 aromatic rings. The molecule has 0 heterocycles. The molecule has 0 aromatic heterocycles. The fourth-order valence-electron chi connectivity index (χ4n) is 11.5. The van der Waals surface area contributed by atoms with Crippen LogP contribution in [0.5, 0.6) is 0 Å². The maximum atomic E-state index is 12.5. The van der Waals surface area contributed by atoms with Crippen LogP contribution in [-0.2, 0) is 15.6 Å². The number of fused-ring (bicyclic) bond motifs is 5. The van der Waals surface area contributed by atoms with Gasteiger partial charge in [-0.05, 0) is 139 Å². The molecule has 0 unspecified atom stereocenters. The van der Waals surface area contributed by atoms with Crippen molar-refractivity contribution >= 4 is 16.1 Å². The van der Waals surface area contributed by atoms with Crippen molar-refractivity contribution in [2.45, 2.75) is 95.5 Å². The lowest BCUT2D eigenvalue weighted by Crippen LogP contribution is -2.55.